The second kappa shape index (κ2) is 10.6. The van der Waals surface area contributed by atoms with E-state index in [1.54, 1.807) is 24.3 Å². The highest BCUT2D eigenvalue weighted by Crippen LogP contribution is 2.42. The molecule has 1 aliphatic rings. The Bertz CT molecular complexity index is 1550. The molecule has 3 aromatic carbocycles. The Morgan fingerprint density at radius 1 is 0.947 bits per heavy atom. The van der Waals surface area contributed by atoms with Crippen LogP contribution in [0.5, 0.6) is 0 Å². The number of benzene rings is 3. The molecular weight excluding hydrogens is 506 g/mol. The molecular formula is C28H27N3O6S. The van der Waals surface area contributed by atoms with Gasteiger partial charge in [0.25, 0.3) is 5.91 Å². The van der Waals surface area contributed by atoms with Crippen LogP contribution in [0.15, 0.2) is 77.7 Å². The summed E-state index contributed by atoms with van der Waals surface area (Å²) in [6, 6.07) is 20.5. The van der Waals surface area contributed by atoms with Crippen molar-refractivity contribution >= 4 is 50.5 Å². The van der Waals surface area contributed by atoms with Crippen molar-refractivity contribution in [2.24, 2.45) is 0 Å². The molecule has 0 spiro atoms. The molecule has 9 nitrogen and oxygen atoms in total. The average Bonchev–Trinajstić information content (AvgIpc) is 3.18. The Morgan fingerprint density at radius 2 is 1.61 bits per heavy atom. The van der Waals surface area contributed by atoms with Crippen molar-refractivity contribution in [2.45, 2.75) is 25.3 Å². The van der Waals surface area contributed by atoms with E-state index in [4.69, 9.17) is 4.74 Å². The molecule has 0 aromatic heterocycles. The number of hydrogen-bond acceptors (Lipinski definition) is 7. The average molecular weight is 534 g/mol. The molecule has 1 heterocycles. The van der Waals surface area contributed by atoms with Gasteiger partial charge in [0.05, 0.1) is 21.9 Å². The van der Waals surface area contributed by atoms with Gasteiger partial charge in [-0.3, -0.25) is 14.4 Å². The SMILES string of the molecule is CC(=O)OCc1ccc(N/C(=C2\C(=O)N(C(C)=O)c3ccc(S(=O)(=O)N(C)C)cc32)c2ccccc2)cc1. The maximum Gasteiger partial charge on any atom is 0.302 e. The Hall–Kier alpha value is -4.28. The van der Waals surface area contributed by atoms with Crippen molar-refractivity contribution in [3.05, 3.63) is 89.5 Å². The molecule has 10 heteroatoms. The molecule has 0 saturated carbocycles. The van der Waals surface area contributed by atoms with Gasteiger partial charge in [-0.05, 0) is 41.5 Å². The number of anilines is 2. The third-order valence-electron chi connectivity index (χ3n) is 5.97. The summed E-state index contributed by atoms with van der Waals surface area (Å²) >= 11 is 0. The number of amides is 2. The molecule has 0 radical (unpaired) electrons. The number of nitrogens with one attached hydrogen (secondary N) is 1. The van der Waals surface area contributed by atoms with Gasteiger partial charge in [0.15, 0.2) is 0 Å². The largest absolute Gasteiger partial charge is 0.461 e. The number of fused-ring (bicyclic) bond motifs is 1. The Balaban J connectivity index is 1.90. The molecule has 0 unspecified atom stereocenters. The molecule has 4 rings (SSSR count). The van der Waals surface area contributed by atoms with Gasteiger partial charge in [-0.1, -0.05) is 42.5 Å². The summed E-state index contributed by atoms with van der Waals surface area (Å²) in [4.78, 5) is 38.4. The lowest BCUT2D eigenvalue weighted by Crippen LogP contribution is -2.31. The van der Waals surface area contributed by atoms with Gasteiger partial charge in [0.2, 0.25) is 15.9 Å². The number of carbonyl (C=O) groups excluding carboxylic acids is 3. The summed E-state index contributed by atoms with van der Waals surface area (Å²) in [5.74, 6) is -1.44. The zero-order valence-corrected chi connectivity index (χ0v) is 22.2. The van der Waals surface area contributed by atoms with E-state index >= 15 is 0 Å². The minimum absolute atomic E-state index is 0.000752. The van der Waals surface area contributed by atoms with E-state index in [0.717, 1.165) is 14.8 Å². The number of nitrogens with zero attached hydrogens (tertiary/aromatic N) is 2. The number of imide groups is 1. The van der Waals surface area contributed by atoms with Crippen LogP contribution in [-0.4, -0.2) is 44.6 Å². The van der Waals surface area contributed by atoms with Crippen LogP contribution in [0.2, 0.25) is 0 Å². The first-order valence-corrected chi connectivity index (χ1v) is 13.2. The van der Waals surface area contributed by atoms with Crippen LogP contribution in [0.1, 0.15) is 30.5 Å². The third kappa shape index (κ3) is 5.22. The molecule has 1 aliphatic heterocycles. The van der Waals surface area contributed by atoms with Crippen molar-refractivity contribution in [3.63, 3.8) is 0 Å². The lowest BCUT2D eigenvalue weighted by atomic mass is 10.00. The van der Waals surface area contributed by atoms with Crippen LogP contribution in [-0.2, 0) is 35.8 Å². The summed E-state index contributed by atoms with van der Waals surface area (Å²) in [6.07, 6.45) is 0. The van der Waals surface area contributed by atoms with Crippen LogP contribution in [0.3, 0.4) is 0 Å². The smallest absolute Gasteiger partial charge is 0.302 e. The number of carbonyl (C=O) groups is 3. The zero-order chi connectivity index (χ0) is 27.6. The molecule has 0 aliphatic carbocycles. The van der Waals surface area contributed by atoms with Crippen molar-refractivity contribution in [1.82, 2.24) is 4.31 Å². The van der Waals surface area contributed by atoms with Crippen LogP contribution < -0.4 is 10.2 Å². The van der Waals surface area contributed by atoms with E-state index in [9.17, 15) is 22.8 Å². The molecule has 2 amide bonds. The maximum absolute atomic E-state index is 13.7. The lowest BCUT2D eigenvalue weighted by molar-refractivity contribution is -0.142. The van der Waals surface area contributed by atoms with E-state index in [2.05, 4.69) is 5.32 Å². The number of ether oxygens (including phenoxy) is 1. The molecule has 1 N–H and O–H groups in total. The summed E-state index contributed by atoms with van der Waals surface area (Å²) in [5, 5.41) is 3.29. The predicted molar refractivity (Wildman–Crippen MR) is 144 cm³/mol. The highest BCUT2D eigenvalue weighted by molar-refractivity contribution is 7.89. The quantitative estimate of drug-likeness (QED) is 0.362. The van der Waals surface area contributed by atoms with Gasteiger partial charge in [-0.25, -0.2) is 17.6 Å². The van der Waals surface area contributed by atoms with Gasteiger partial charge >= 0.3 is 5.97 Å². The molecule has 0 fully saturated rings. The highest BCUT2D eigenvalue weighted by Gasteiger charge is 2.38. The zero-order valence-electron chi connectivity index (χ0n) is 21.4. The molecule has 0 bridgehead atoms. The van der Waals surface area contributed by atoms with Crippen LogP contribution in [0.4, 0.5) is 11.4 Å². The summed E-state index contributed by atoms with van der Waals surface area (Å²) in [7, 11) is -0.953. The summed E-state index contributed by atoms with van der Waals surface area (Å²) in [5.41, 5.74) is 3.29. The summed E-state index contributed by atoms with van der Waals surface area (Å²) in [6.45, 7) is 2.75. The molecule has 3 aromatic rings. The Labute approximate surface area is 221 Å². The minimum Gasteiger partial charge on any atom is -0.461 e. The molecule has 0 atom stereocenters. The topological polar surface area (TPSA) is 113 Å². The van der Waals surface area contributed by atoms with Crippen molar-refractivity contribution in [3.8, 4) is 0 Å². The van der Waals surface area contributed by atoms with E-state index in [1.165, 1.54) is 46.1 Å². The maximum atomic E-state index is 13.7. The lowest BCUT2D eigenvalue weighted by Gasteiger charge is -2.16. The Kier molecular flexibility index (Phi) is 7.47. The first-order chi connectivity index (χ1) is 18.0. The van der Waals surface area contributed by atoms with Crippen LogP contribution in [0.25, 0.3) is 11.3 Å². The minimum atomic E-state index is -3.80. The highest BCUT2D eigenvalue weighted by atomic mass is 32.2. The van der Waals surface area contributed by atoms with Gasteiger partial charge in [-0.2, -0.15) is 0 Å². The van der Waals surface area contributed by atoms with E-state index in [-0.39, 0.29) is 23.0 Å². The van der Waals surface area contributed by atoms with Crippen LogP contribution in [0, 0.1) is 0 Å². The van der Waals surface area contributed by atoms with Gasteiger partial charge in [0, 0.05) is 39.2 Å². The standard InChI is InChI=1S/C28H27N3O6S/c1-18(32)31-25-15-14-23(38(35,36)30(3)4)16-24(25)26(28(31)34)27(21-8-6-5-7-9-21)29-22-12-10-20(11-13-22)17-37-19(2)33/h5-16,29H,17H2,1-4H3/b27-26-. The fourth-order valence-corrected chi connectivity index (χ4v) is 5.00. The molecule has 0 saturated heterocycles. The van der Waals surface area contributed by atoms with Gasteiger partial charge < -0.3 is 10.1 Å². The first-order valence-electron chi connectivity index (χ1n) is 11.7. The predicted octanol–water partition coefficient (Wildman–Crippen LogP) is 3.87. The first kappa shape index (κ1) is 26.8. The Morgan fingerprint density at radius 3 is 2.18 bits per heavy atom. The number of sulfonamides is 1. The number of rotatable bonds is 7. The second-order valence-corrected chi connectivity index (χ2v) is 11.0. The van der Waals surface area contributed by atoms with Crippen molar-refractivity contribution in [1.29, 1.82) is 0 Å². The monoisotopic (exact) mass is 533 g/mol. The normalized spacial score (nSPS) is 14.3. The van der Waals surface area contributed by atoms with E-state index in [1.807, 2.05) is 30.3 Å². The number of hydrogen-bond donors (Lipinski definition) is 1. The fourth-order valence-electron chi connectivity index (χ4n) is 4.07. The van der Waals surface area contributed by atoms with E-state index < -0.39 is 21.8 Å². The third-order valence-corrected chi connectivity index (χ3v) is 7.78. The molecule has 196 valence electrons. The fraction of sp³-hybridized carbons (Fsp3) is 0.179. The summed E-state index contributed by atoms with van der Waals surface area (Å²) < 4.78 is 31.9. The van der Waals surface area contributed by atoms with Gasteiger partial charge in [-0.15, -0.1) is 0 Å². The van der Waals surface area contributed by atoms with Gasteiger partial charge in [0.1, 0.15) is 6.61 Å². The van der Waals surface area contributed by atoms with Crippen molar-refractivity contribution in [2.75, 3.05) is 24.3 Å². The second-order valence-electron chi connectivity index (χ2n) is 8.84. The van der Waals surface area contributed by atoms with Crippen LogP contribution >= 0.6 is 0 Å². The molecule has 38 heavy (non-hydrogen) atoms. The number of esters is 1. The van der Waals surface area contributed by atoms with E-state index in [0.29, 0.717) is 28.2 Å². The van der Waals surface area contributed by atoms with Crippen molar-refractivity contribution < 1.29 is 27.5 Å².